The molecule has 0 saturated carbocycles. The predicted octanol–water partition coefficient (Wildman–Crippen LogP) is 3.38. The summed E-state index contributed by atoms with van der Waals surface area (Å²) in [4.78, 5) is 29.4. The number of cyclic esters (lactones) is 1. The van der Waals surface area contributed by atoms with E-state index < -0.39 is 71.4 Å². The van der Waals surface area contributed by atoms with E-state index in [9.17, 15) is 24.9 Å². The second-order valence-corrected chi connectivity index (χ2v) is 14.2. The molecule has 0 amide bonds. The molecule has 2 aliphatic rings. The Balaban J connectivity index is 2.77. The first-order chi connectivity index (χ1) is 21.3. The molecule has 13 atom stereocenters. The molecule has 0 aromatic rings. The highest BCUT2D eigenvalue weighted by Crippen LogP contribution is 2.38. The average Bonchev–Trinajstić information content (AvgIpc) is 3.00. The average molecular weight is 656 g/mol. The molecule has 2 heterocycles. The number of aliphatic hydroxyl groups is 3. The molecule has 0 aromatic carbocycles. The van der Waals surface area contributed by atoms with Gasteiger partial charge in [-0.15, -0.1) is 0 Å². The molecule has 2 aliphatic heterocycles. The van der Waals surface area contributed by atoms with Gasteiger partial charge in [0.25, 0.3) is 0 Å². The third-order valence-corrected chi connectivity index (χ3v) is 10.2. The Kier molecular flexibility index (Phi) is 14.5. The Hall–Kier alpha value is -1.80. The number of likely N-dealkylation sites (N-methyl/N-ethyl adjacent to an activating group) is 1. The van der Waals surface area contributed by atoms with Crippen LogP contribution in [0.25, 0.3) is 0 Å². The van der Waals surface area contributed by atoms with Crippen molar-refractivity contribution in [3.63, 3.8) is 0 Å². The van der Waals surface area contributed by atoms with Crippen LogP contribution in [-0.4, -0.2) is 119 Å². The number of ketones is 1. The molecule has 2 fully saturated rings. The third kappa shape index (κ3) is 9.00. The summed E-state index contributed by atoms with van der Waals surface area (Å²) >= 11 is 0. The number of esters is 1. The van der Waals surface area contributed by atoms with E-state index >= 15 is 0 Å². The highest BCUT2D eigenvalue weighted by atomic mass is 16.7. The molecule has 4 unspecified atom stereocenters. The van der Waals surface area contributed by atoms with Crippen LogP contribution in [0, 0.1) is 23.7 Å². The summed E-state index contributed by atoms with van der Waals surface area (Å²) in [6.07, 6.45) is -4.08. The van der Waals surface area contributed by atoms with Crippen molar-refractivity contribution in [2.75, 3.05) is 21.2 Å². The zero-order valence-corrected chi connectivity index (χ0v) is 30.3. The lowest BCUT2D eigenvalue weighted by molar-refractivity contribution is -0.295. The highest BCUT2D eigenvalue weighted by Gasteiger charge is 2.51. The minimum Gasteiger partial charge on any atom is -0.459 e. The van der Waals surface area contributed by atoms with E-state index in [2.05, 4.69) is 10.2 Å². The molecule has 12 heteroatoms. The van der Waals surface area contributed by atoms with Gasteiger partial charge in [0, 0.05) is 36.4 Å². The maximum atomic E-state index is 14.0. The number of aliphatic hydroxyl groups excluding tert-OH is 2. The minimum absolute atomic E-state index is 0.198. The summed E-state index contributed by atoms with van der Waals surface area (Å²) in [5.74, 6) is -4.49. The van der Waals surface area contributed by atoms with Crippen molar-refractivity contribution in [3.05, 3.63) is 0 Å². The summed E-state index contributed by atoms with van der Waals surface area (Å²) in [5.41, 5.74) is -1.76. The zero-order valence-electron chi connectivity index (χ0n) is 30.3. The van der Waals surface area contributed by atoms with Crippen molar-refractivity contribution in [1.29, 1.82) is 0 Å². The van der Waals surface area contributed by atoms with Crippen LogP contribution in [0.1, 0.15) is 94.9 Å². The van der Waals surface area contributed by atoms with Crippen molar-refractivity contribution >= 4 is 23.2 Å². The van der Waals surface area contributed by atoms with E-state index in [4.69, 9.17) is 18.9 Å². The number of carbonyl (C=O) groups is 2. The van der Waals surface area contributed by atoms with Gasteiger partial charge in [-0.25, -0.2) is 0 Å². The van der Waals surface area contributed by atoms with Crippen LogP contribution in [0.3, 0.4) is 0 Å². The summed E-state index contributed by atoms with van der Waals surface area (Å²) in [7, 11) is 5.28. The van der Waals surface area contributed by atoms with Crippen LogP contribution in [0.5, 0.6) is 0 Å². The second-order valence-electron chi connectivity index (χ2n) is 14.2. The fourth-order valence-corrected chi connectivity index (χ4v) is 6.85. The van der Waals surface area contributed by atoms with Crippen LogP contribution >= 0.6 is 0 Å². The number of nitrogens with zero attached hydrogens (tertiary/aromatic N) is 3. The fourth-order valence-electron chi connectivity index (χ4n) is 6.85. The van der Waals surface area contributed by atoms with Gasteiger partial charge >= 0.3 is 5.97 Å². The third-order valence-electron chi connectivity index (χ3n) is 10.2. The van der Waals surface area contributed by atoms with Crippen molar-refractivity contribution in [2.24, 2.45) is 33.9 Å². The Bertz CT molecular complexity index is 1100. The molecule has 0 aliphatic carbocycles. The first-order valence-corrected chi connectivity index (χ1v) is 16.7. The van der Waals surface area contributed by atoms with Crippen LogP contribution in [0.2, 0.25) is 0 Å². The number of hydrogen-bond acceptors (Lipinski definition) is 12. The summed E-state index contributed by atoms with van der Waals surface area (Å²) in [5, 5.41) is 43.6. The first kappa shape index (κ1) is 40.4. The molecule has 2 saturated heterocycles. The normalized spacial score (nSPS) is 43.5. The Morgan fingerprint density at radius 1 is 1.07 bits per heavy atom. The van der Waals surface area contributed by atoms with Gasteiger partial charge in [-0.3, -0.25) is 9.59 Å². The second kappa shape index (κ2) is 16.5. The van der Waals surface area contributed by atoms with E-state index in [0.717, 1.165) is 5.71 Å². The molecular formula is C34H61N3O9. The van der Waals surface area contributed by atoms with Gasteiger partial charge in [-0.2, -0.15) is 10.2 Å². The van der Waals surface area contributed by atoms with E-state index in [1.807, 2.05) is 53.6 Å². The molecule has 0 radical (unpaired) electrons. The summed E-state index contributed by atoms with van der Waals surface area (Å²) in [6.45, 7) is 17.5. The van der Waals surface area contributed by atoms with Gasteiger partial charge in [0.2, 0.25) is 0 Å². The summed E-state index contributed by atoms with van der Waals surface area (Å²) in [6, 6.07) is -0.251. The highest BCUT2D eigenvalue weighted by molar-refractivity contribution is 6.00. The van der Waals surface area contributed by atoms with E-state index in [1.165, 1.54) is 21.0 Å². The van der Waals surface area contributed by atoms with E-state index in [1.54, 1.807) is 20.8 Å². The van der Waals surface area contributed by atoms with Crippen molar-refractivity contribution in [3.8, 4) is 0 Å². The number of Topliss-reactive ketones (excluding diaryl/α,β-unsaturated/α-hetero) is 1. The number of carbonyl (C=O) groups excluding carboxylic acids is 2. The first-order valence-electron chi connectivity index (χ1n) is 16.7. The van der Waals surface area contributed by atoms with Gasteiger partial charge in [-0.1, -0.05) is 34.6 Å². The molecule has 46 heavy (non-hydrogen) atoms. The van der Waals surface area contributed by atoms with Crippen LogP contribution in [-0.2, 0) is 28.5 Å². The fraction of sp³-hybridized carbons (Fsp3) is 0.882. The van der Waals surface area contributed by atoms with Crippen molar-refractivity contribution in [1.82, 2.24) is 4.90 Å². The van der Waals surface area contributed by atoms with Crippen molar-refractivity contribution in [2.45, 2.75) is 149 Å². The number of hydrogen-bond donors (Lipinski definition) is 3. The predicted molar refractivity (Wildman–Crippen MR) is 177 cm³/mol. The zero-order chi connectivity index (χ0) is 35.3. The van der Waals surface area contributed by atoms with Crippen LogP contribution in [0.4, 0.5) is 0 Å². The van der Waals surface area contributed by atoms with Gasteiger partial charge < -0.3 is 39.2 Å². The Morgan fingerprint density at radius 2 is 1.67 bits per heavy atom. The minimum atomic E-state index is -1.86. The standard InChI is InChI=1S/C34H61N3O9/c1-14-19(4)35-36-26-18(3)17-33(9,43-13)30(46-32-28(39)24(37(11)12)16-20(5)44-32)22(7)27(38)23(8)31(41)45-25(15-2)34(10,42)29(40)21(26)6/h18,20-25,28-30,32,39-40,42H,14-17H2,1-13H3/b35-19+,36-26+/t18-,20?,21+,22+,23-,24?,25-,28?,29-,30-,32?,33-,34-/m1/s1. The Labute approximate surface area is 275 Å². The summed E-state index contributed by atoms with van der Waals surface area (Å²) < 4.78 is 24.6. The number of rotatable bonds is 7. The number of methoxy groups -OCH3 is 1. The van der Waals surface area contributed by atoms with E-state index in [0.29, 0.717) is 18.6 Å². The maximum absolute atomic E-state index is 14.0. The molecule has 12 nitrogen and oxygen atoms in total. The van der Waals surface area contributed by atoms with Crippen LogP contribution < -0.4 is 0 Å². The molecule has 2 rings (SSSR count). The lowest BCUT2D eigenvalue weighted by Gasteiger charge is -2.47. The molecule has 0 aromatic heterocycles. The van der Waals surface area contributed by atoms with Gasteiger partial charge in [0.15, 0.2) is 12.1 Å². The molecule has 266 valence electrons. The number of ether oxygens (including phenoxy) is 4. The van der Waals surface area contributed by atoms with Gasteiger partial charge in [-0.05, 0) is 80.3 Å². The largest absolute Gasteiger partial charge is 0.459 e. The maximum Gasteiger partial charge on any atom is 0.316 e. The van der Waals surface area contributed by atoms with Crippen LogP contribution in [0.15, 0.2) is 10.2 Å². The van der Waals surface area contributed by atoms with Crippen molar-refractivity contribution < 1.29 is 43.9 Å². The molecular weight excluding hydrogens is 594 g/mol. The lowest BCUT2D eigenvalue weighted by Crippen LogP contribution is -2.60. The molecule has 3 N–H and O–H groups in total. The lowest BCUT2D eigenvalue weighted by atomic mass is 9.74. The SMILES string of the molecule is CC/C(C)=N/N=C1\[C@H](C)C[C@@](C)(OC)[C@H](OC2OC(C)CC(N(C)C)C2O)[C@@H](C)C(=O)[C@@H](C)C(=O)O[C@H](CC)[C@@](C)(O)[C@H](O)[C@H]1C. The van der Waals surface area contributed by atoms with Gasteiger partial charge in [0.05, 0.1) is 23.9 Å². The topological polar surface area (TPSA) is 160 Å². The molecule has 0 bridgehead atoms. The smallest absolute Gasteiger partial charge is 0.316 e. The monoisotopic (exact) mass is 655 g/mol. The Morgan fingerprint density at radius 3 is 2.20 bits per heavy atom. The quantitative estimate of drug-likeness (QED) is 0.161. The van der Waals surface area contributed by atoms with E-state index in [-0.39, 0.29) is 30.9 Å². The molecule has 0 spiro atoms. The van der Waals surface area contributed by atoms with Gasteiger partial charge in [0.1, 0.15) is 23.7 Å².